The smallest absolute Gasteiger partial charge is 0.406 e. The number of aromatic nitrogens is 1. The Bertz CT molecular complexity index is 1200. The highest BCUT2D eigenvalue weighted by atomic mass is 32.1. The fourth-order valence-corrected chi connectivity index (χ4v) is 4.48. The van der Waals surface area contributed by atoms with Crippen molar-refractivity contribution in [1.29, 1.82) is 0 Å². The predicted molar refractivity (Wildman–Crippen MR) is 118 cm³/mol. The van der Waals surface area contributed by atoms with Crippen LogP contribution in [0.1, 0.15) is 10.4 Å². The van der Waals surface area contributed by atoms with Gasteiger partial charge in [-0.3, -0.25) is 24.7 Å². The van der Waals surface area contributed by atoms with Crippen molar-refractivity contribution in [2.75, 3.05) is 44.3 Å². The van der Waals surface area contributed by atoms with Crippen LogP contribution in [0.15, 0.2) is 42.5 Å². The third kappa shape index (κ3) is 5.79. The lowest BCUT2D eigenvalue weighted by Crippen LogP contribution is -2.43. The van der Waals surface area contributed by atoms with E-state index in [2.05, 4.69) is 14.6 Å². The highest BCUT2D eigenvalue weighted by Crippen LogP contribution is 2.34. The lowest BCUT2D eigenvalue weighted by atomic mass is 10.2. The maximum atomic E-state index is 13.4. The number of carbonyl (C=O) groups is 1. The number of amides is 1. The zero-order valence-electron chi connectivity index (χ0n) is 17.7. The summed E-state index contributed by atoms with van der Waals surface area (Å²) in [6, 6.07) is 9.11. The van der Waals surface area contributed by atoms with Gasteiger partial charge >= 0.3 is 6.36 Å². The number of morpholine rings is 1. The zero-order valence-corrected chi connectivity index (χ0v) is 18.5. The van der Waals surface area contributed by atoms with Crippen LogP contribution in [0.3, 0.4) is 0 Å². The number of benzene rings is 2. The number of fused-ring (bicyclic) bond motifs is 1. The summed E-state index contributed by atoms with van der Waals surface area (Å²) in [5, 5.41) is 11.4. The lowest BCUT2D eigenvalue weighted by molar-refractivity contribution is -0.384. The van der Waals surface area contributed by atoms with E-state index in [0.29, 0.717) is 43.1 Å². The Hall–Kier alpha value is -3.29. The molecule has 4 rings (SSSR count). The zero-order chi connectivity index (χ0) is 24.3. The van der Waals surface area contributed by atoms with E-state index in [-0.39, 0.29) is 28.7 Å². The molecule has 0 spiro atoms. The van der Waals surface area contributed by atoms with Crippen LogP contribution in [-0.4, -0.2) is 66.5 Å². The second-order valence-corrected chi connectivity index (χ2v) is 8.40. The van der Waals surface area contributed by atoms with Gasteiger partial charge in [0.05, 0.1) is 28.4 Å². The number of ether oxygens (including phenoxy) is 2. The molecule has 1 amide bonds. The van der Waals surface area contributed by atoms with Gasteiger partial charge in [0.25, 0.3) is 11.6 Å². The summed E-state index contributed by atoms with van der Waals surface area (Å²) in [6.07, 6.45) is -4.83. The van der Waals surface area contributed by atoms with Gasteiger partial charge in [-0.25, -0.2) is 4.98 Å². The summed E-state index contributed by atoms with van der Waals surface area (Å²) in [4.78, 5) is 31.9. The fraction of sp³-hybridized carbons (Fsp3) is 0.333. The number of carbonyl (C=O) groups excluding carboxylic acids is 1. The summed E-state index contributed by atoms with van der Waals surface area (Å²) in [7, 11) is 0. The molecule has 3 aromatic rings. The van der Waals surface area contributed by atoms with Crippen LogP contribution in [0, 0.1) is 10.1 Å². The van der Waals surface area contributed by atoms with E-state index in [0.717, 1.165) is 17.4 Å². The fourth-order valence-electron chi connectivity index (χ4n) is 3.46. The van der Waals surface area contributed by atoms with Crippen molar-refractivity contribution < 1.29 is 32.4 Å². The van der Waals surface area contributed by atoms with Crippen molar-refractivity contribution in [2.45, 2.75) is 6.36 Å². The third-order valence-electron chi connectivity index (χ3n) is 5.11. The van der Waals surface area contributed by atoms with Crippen molar-refractivity contribution >= 4 is 38.3 Å². The van der Waals surface area contributed by atoms with Crippen molar-refractivity contribution in [2.24, 2.45) is 0 Å². The van der Waals surface area contributed by atoms with Crippen LogP contribution < -0.4 is 9.64 Å². The summed E-state index contributed by atoms with van der Waals surface area (Å²) in [5.74, 6) is -0.886. The predicted octanol–water partition coefficient (Wildman–Crippen LogP) is 4.08. The minimum absolute atomic E-state index is 0.108. The Balaban J connectivity index is 1.65. The van der Waals surface area contributed by atoms with E-state index in [1.807, 2.05) is 0 Å². The molecule has 0 N–H and O–H groups in total. The summed E-state index contributed by atoms with van der Waals surface area (Å²) >= 11 is 1.04. The number of hydrogen-bond acceptors (Lipinski definition) is 8. The maximum absolute atomic E-state index is 13.4. The highest BCUT2D eigenvalue weighted by Gasteiger charge is 2.31. The van der Waals surface area contributed by atoms with E-state index in [1.165, 1.54) is 41.3 Å². The summed E-state index contributed by atoms with van der Waals surface area (Å²) < 4.78 is 47.5. The first-order valence-electron chi connectivity index (χ1n) is 10.2. The van der Waals surface area contributed by atoms with E-state index in [1.54, 1.807) is 0 Å². The van der Waals surface area contributed by atoms with Gasteiger partial charge in [0.2, 0.25) is 0 Å². The Kier molecular flexibility index (Phi) is 6.95. The molecule has 9 nitrogen and oxygen atoms in total. The number of nitro benzene ring substituents is 1. The van der Waals surface area contributed by atoms with Crippen molar-refractivity contribution in [3.05, 3.63) is 58.1 Å². The highest BCUT2D eigenvalue weighted by molar-refractivity contribution is 7.22. The Labute approximate surface area is 195 Å². The van der Waals surface area contributed by atoms with Crippen LogP contribution in [0.5, 0.6) is 5.75 Å². The molecule has 2 heterocycles. The van der Waals surface area contributed by atoms with E-state index < -0.39 is 17.2 Å². The van der Waals surface area contributed by atoms with E-state index >= 15 is 0 Å². The number of halogens is 3. The minimum atomic E-state index is -4.83. The molecule has 0 radical (unpaired) electrons. The molecular weight excluding hydrogens is 477 g/mol. The average Bonchev–Trinajstić information content (AvgIpc) is 3.21. The first-order chi connectivity index (χ1) is 16.2. The second-order valence-electron chi connectivity index (χ2n) is 7.39. The molecule has 1 saturated heterocycles. The molecule has 180 valence electrons. The number of hydrogen-bond donors (Lipinski definition) is 0. The molecule has 0 saturated carbocycles. The average molecular weight is 496 g/mol. The van der Waals surface area contributed by atoms with Crippen LogP contribution in [-0.2, 0) is 4.74 Å². The topological polar surface area (TPSA) is 98.0 Å². The molecule has 0 atom stereocenters. The number of thiazole rings is 1. The van der Waals surface area contributed by atoms with Crippen molar-refractivity contribution in [3.8, 4) is 5.75 Å². The summed E-state index contributed by atoms with van der Waals surface area (Å²) in [5.41, 5.74) is 0.284. The molecule has 1 aliphatic rings. The van der Waals surface area contributed by atoms with Gasteiger partial charge in [-0.15, -0.1) is 13.2 Å². The Morgan fingerprint density at radius 2 is 2.00 bits per heavy atom. The maximum Gasteiger partial charge on any atom is 0.573 e. The standard InChI is InChI=1S/C21H19F3N4O5S/c22-21(23,24)33-16-4-5-17-18(13-16)34-20(25-17)27(7-6-26-8-10-32-11-9-26)19(29)14-2-1-3-15(12-14)28(30)31/h1-5,12-13H,6-11H2. The van der Waals surface area contributed by atoms with Crippen LogP contribution >= 0.6 is 11.3 Å². The number of anilines is 1. The van der Waals surface area contributed by atoms with Crippen LogP contribution in [0.25, 0.3) is 10.2 Å². The molecule has 0 aliphatic carbocycles. The van der Waals surface area contributed by atoms with Crippen molar-refractivity contribution in [3.63, 3.8) is 0 Å². The second kappa shape index (κ2) is 9.91. The molecule has 34 heavy (non-hydrogen) atoms. The lowest BCUT2D eigenvalue weighted by Gasteiger charge is -2.29. The van der Waals surface area contributed by atoms with Crippen molar-refractivity contribution in [1.82, 2.24) is 9.88 Å². The largest absolute Gasteiger partial charge is 0.573 e. The molecular formula is C21H19F3N4O5S. The molecule has 1 aromatic heterocycles. The molecule has 0 bridgehead atoms. The minimum Gasteiger partial charge on any atom is -0.406 e. The molecule has 1 aliphatic heterocycles. The van der Waals surface area contributed by atoms with Crippen LogP contribution in [0.4, 0.5) is 24.0 Å². The van der Waals surface area contributed by atoms with Gasteiger partial charge in [-0.2, -0.15) is 0 Å². The normalized spacial score (nSPS) is 14.8. The SMILES string of the molecule is O=C(c1cccc([N+](=O)[O-])c1)N(CCN1CCOCC1)c1nc2ccc(OC(F)(F)F)cc2s1. The van der Waals surface area contributed by atoms with Gasteiger partial charge in [0, 0.05) is 49.9 Å². The van der Waals surface area contributed by atoms with Crippen LogP contribution in [0.2, 0.25) is 0 Å². The first-order valence-corrected chi connectivity index (χ1v) is 11.0. The van der Waals surface area contributed by atoms with Gasteiger partial charge in [-0.1, -0.05) is 17.4 Å². The van der Waals surface area contributed by atoms with Gasteiger partial charge in [0.15, 0.2) is 5.13 Å². The quantitative estimate of drug-likeness (QED) is 0.359. The molecule has 0 unspecified atom stereocenters. The first kappa shape index (κ1) is 23.9. The Morgan fingerprint density at radius 1 is 1.24 bits per heavy atom. The number of alkyl halides is 3. The van der Waals surface area contributed by atoms with Gasteiger partial charge < -0.3 is 9.47 Å². The monoisotopic (exact) mass is 496 g/mol. The molecule has 2 aromatic carbocycles. The number of nitrogens with zero attached hydrogens (tertiary/aromatic N) is 4. The number of rotatable bonds is 7. The van der Waals surface area contributed by atoms with Gasteiger partial charge in [-0.05, 0) is 18.2 Å². The van der Waals surface area contributed by atoms with Gasteiger partial charge in [0.1, 0.15) is 5.75 Å². The number of non-ortho nitro benzene ring substituents is 1. The third-order valence-corrected chi connectivity index (χ3v) is 6.15. The van der Waals surface area contributed by atoms with E-state index in [9.17, 15) is 28.1 Å². The molecule has 1 fully saturated rings. The Morgan fingerprint density at radius 3 is 2.71 bits per heavy atom. The number of nitro groups is 1. The van der Waals surface area contributed by atoms with E-state index in [4.69, 9.17) is 4.74 Å². The summed E-state index contributed by atoms with van der Waals surface area (Å²) in [6.45, 7) is 3.26. The molecule has 13 heteroatoms.